The molecule has 0 fully saturated rings. The maximum Gasteiger partial charge on any atom is 0.355 e. The Morgan fingerprint density at radius 3 is 2.22 bits per heavy atom. The highest BCUT2D eigenvalue weighted by molar-refractivity contribution is 6.20. The first-order chi connectivity index (χ1) is 11.0. The van der Waals surface area contributed by atoms with E-state index in [4.69, 9.17) is 4.84 Å². The van der Waals surface area contributed by atoms with Crippen molar-refractivity contribution in [3.05, 3.63) is 35.4 Å². The van der Waals surface area contributed by atoms with Crippen LogP contribution < -0.4 is 5.32 Å². The summed E-state index contributed by atoms with van der Waals surface area (Å²) < 4.78 is 0. The van der Waals surface area contributed by atoms with E-state index < -0.39 is 23.8 Å². The molecule has 23 heavy (non-hydrogen) atoms. The Morgan fingerprint density at radius 2 is 1.74 bits per heavy atom. The third-order valence-electron chi connectivity index (χ3n) is 3.45. The fourth-order valence-corrected chi connectivity index (χ4v) is 2.31. The molecule has 1 aliphatic rings. The Balaban J connectivity index is 2.11. The summed E-state index contributed by atoms with van der Waals surface area (Å²) in [6.45, 7) is 3.23. The molecule has 1 N–H and O–H groups in total. The number of benzene rings is 1. The number of hydrogen-bond acceptors (Lipinski definition) is 5. The second-order valence-corrected chi connectivity index (χ2v) is 5.26. The smallest absolute Gasteiger partial charge is 0.343 e. The Labute approximate surface area is 133 Å². The summed E-state index contributed by atoms with van der Waals surface area (Å²) in [4.78, 5) is 52.6. The van der Waals surface area contributed by atoms with Gasteiger partial charge in [0, 0.05) is 6.92 Å². The maximum atomic E-state index is 12.2. The van der Waals surface area contributed by atoms with E-state index in [0.717, 1.165) is 6.42 Å². The van der Waals surface area contributed by atoms with Crippen molar-refractivity contribution in [3.8, 4) is 0 Å². The van der Waals surface area contributed by atoms with Gasteiger partial charge in [-0.15, -0.1) is 0 Å². The first-order valence-corrected chi connectivity index (χ1v) is 7.42. The fraction of sp³-hybridized carbons (Fsp3) is 0.375. The Kier molecular flexibility index (Phi) is 5.10. The van der Waals surface area contributed by atoms with Crippen LogP contribution in [0.4, 0.5) is 0 Å². The largest absolute Gasteiger partial charge is 0.355 e. The van der Waals surface area contributed by atoms with Gasteiger partial charge in [0.2, 0.25) is 5.91 Å². The van der Waals surface area contributed by atoms with Crippen molar-refractivity contribution < 1.29 is 24.0 Å². The number of fused-ring (bicyclic) bond motifs is 1. The van der Waals surface area contributed by atoms with Crippen LogP contribution in [0.25, 0.3) is 0 Å². The van der Waals surface area contributed by atoms with E-state index in [1.807, 2.05) is 6.92 Å². The van der Waals surface area contributed by atoms with Gasteiger partial charge in [0.05, 0.1) is 11.1 Å². The van der Waals surface area contributed by atoms with Gasteiger partial charge in [-0.05, 0) is 18.6 Å². The van der Waals surface area contributed by atoms with Crippen LogP contribution in [0.1, 0.15) is 53.8 Å². The van der Waals surface area contributed by atoms with Gasteiger partial charge in [-0.2, -0.15) is 0 Å². The molecule has 1 atom stereocenters. The number of hydroxylamine groups is 2. The minimum Gasteiger partial charge on any atom is -0.343 e. The molecule has 1 aliphatic heterocycles. The van der Waals surface area contributed by atoms with Crippen LogP contribution in [0.2, 0.25) is 0 Å². The molecule has 0 saturated carbocycles. The van der Waals surface area contributed by atoms with Crippen molar-refractivity contribution >= 4 is 23.7 Å². The molecule has 2 rings (SSSR count). The molecule has 1 aromatic rings. The number of nitrogens with one attached hydrogen (secondary N) is 1. The van der Waals surface area contributed by atoms with Crippen LogP contribution >= 0.6 is 0 Å². The van der Waals surface area contributed by atoms with Crippen molar-refractivity contribution in [2.24, 2.45) is 0 Å². The molecule has 0 aromatic heterocycles. The predicted octanol–water partition coefficient (Wildman–Crippen LogP) is 1.44. The van der Waals surface area contributed by atoms with Crippen LogP contribution in [0.3, 0.4) is 0 Å². The van der Waals surface area contributed by atoms with Crippen LogP contribution in [0.15, 0.2) is 24.3 Å². The molecular formula is C16H18N2O5. The maximum absolute atomic E-state index is 12.2. The van der Waals surface area contributed by atoms with E-state index in [0.29, 0.717) is 17.9 Å². The van der Waals surface area contributed by atoms with Gasteiger partial charge in [0.15, 0.2) is 0 Å². The average molecular weight is 318 g/mol. The summed E-state index contributed by atoms with van der Waals surface area (Å²) in [5.41, 5.74) is 0.380. The number of nitrogens with zero attached hydrogens (tertiary/aromatic N) is 1. The zero-order chi connectivity index (χ0) is 17.0. The summed E-state index contributed by atoms with van der Waals surface area (Å²) in [7, 11) is 0. The number of amides is 3. The number of carbonyl (C=O) groups excluding carboxylic acids is 4. The highest BCUT2D eigenvalue weighted by atomic mass is 16.7. The average Bonchev–Trinajstić information content (AvgIpc) is 2.76. The minimum absolute atomic E-state index is 0.190. The van der Waals surface area contributed by atoms with Crippen molar-refractivity contribution in [2.45, 2.75) is 39.2 Å². The SMILES string of the molecule is CCCCC(NC(C)=O)C(=O)ON1C(=O)c2ccccc2C1=O. The number of unbranched alkanes of at least 4 members (excludes halogenated alkanes) is 1. The molecule has 0 saturated heterocycles. The Hall–Kier alpha value is -2.70. The second-order valence-electron chi connectivity index (χ2n) is 5.26. The molecule has 0 spiro atoms. The van der Waals surface area contributed by atoms with E-state index >= 15 is 0 Å². The van der Waals surface area contributed by atoms with Crippen LogP contribution in [0, 0.1) is 0 Å². The molecule has 3 amide bonds. The highest BCUT2D eigenvalue weighted by Crippen LogP contribution is 2.23. The van der Waals surface area contributed by atoms with Gasteiger partial charge in [-0.1, -0.05) is 37.0 Å². The summed E-state index contributed by atoms with van der Waals surface area (Å²) in [6.07, 6.45) is 1.90. The monoisotopic (exact) mass is 318 g/mol. The van der Waals surface area contributed by atoms with E-state index in [1.165, 1.54) is 19.1 Å². The zero-order valence-corrected chi connectivity index (χ0v) is 13.0. The van der Waals surface area contributed by atoms with Gasteiger partial charge in [-0.3, -0.25) is 14.4 Å². The molecule has 0 bridgehead atoms. The Bertz CT molecular complexity index is 621. The van der Waals surface area contributed by atoms with Gasteiger partial charge in [-0.25, -0.2) is 4.79 Å². The van der Waals surface area contributed by atoms with E-state index in [1.54, 1.807) is 12.1 Å². The van der Waals surface area contributed by atoms with Crippen molar-refractivity contribution in [3.63, 3.8) is 0 Å². The van der Waals surface area contributed by atoms with Gasteiger partial charge < -0.3 is 10.2 Å². The first-order valence-electron chi connectivity index (χ1n) is 7.42. The lowest BCUT2D eigenvalue weighted by Gasteiger charge is -2.19. The zero-order valence-electron chi connectivity index (χ0n) is 13.0. The van der Waals surface area contributed by atoms with Crippen molar-refractivity contribution in [1.29, 1.82) is 0 Å². The molecule has 0 radical (unpaired) electrons. The van der Waals surface area contributed by atoms with E-state index in [9.17, 15) is 19.2 Å². The van der Waals surface area contributed by atoms with Crippen LogP contribution in [-0.4, -0.2) is 34.8 Å². The molecule has 7 nitrogen and oxygen atoms in total. The van der Waals surface area contributed by atoms with E-state index in [-0.39, 0.29) is 17.0 Å². The lowest BCUT2D eigenvalue weighted by molar-refractivity contribution is -0.172. The second kappa shape index (κ2) is 7.04. The van der Waals surface area contributed by atoms with Crippen molar-refractivity contribution in [2.75, 3.05) is 0 Å². The Morgan fingerprint density at radius 1 is 1.17 bits per heavy atom. The third-order valence-corrected chi connectivity index (χ3v) is 3.45. The van der Waals surface area contributed by atoms with Crippen LogP contribution in [-0.2, 0) is 14.4 Å². The molecule has 122 valence electrons. The lowest BCUT2D eigenvalue weighted by Crippen LogP contribution is -2.44. The quantitative estimate of drug-likeness (QED) is 0.801. The van der Waals surface area contributed by atoms with Gasteiger partial charge in [0.1, 0.15) is 6.04 Å². The minimum atomic E-state index is -0.892. The topological polar surface area (TPSA) is 92.8 Å². The number of carbonyl (C=O) groups is 4. The first kappa shape index (κ1) is 16.7. The van der Waals surface area contributed by atoms with Gasteiger partial charge >= 0.3 is 5.97 Å². The molecule has 0 aliphatic carbocycles. The molecular weight excluding hydrogens is 300 g/mol. The van der Waals surface area contributed by atoms with Gasteiger partial charge in [0.25, 0.3) is 11.8 Å². The summed E-state index contributed by atoms with van der Waals surface area (Å²) in [5, 5.41) is 2.93. The van der Waals surface area contributed by atoms with Crippen molar-refractivity contribution in [1.82, 2.24) is 10.4 Å². The third kappa shape index (κ3) is 3.56. The lowest BCUT2D eigenvalue weighted by atomic mass is 10.1. The number of rotatable bonds is 6. The summed E-state index contributed by atoms with van der Waals surface area (Å²) >= 11 is 0. The standard InChI is InChI=1S/C16H18N2O5/c1-3-4-9-13(17-10(2)19)16(22)23-18-14(20)11-7-5-6-8-12(11)15(18)21/h5-8,13H,3-4,9H2,1-2H3,(H,17,19). The number of hydrogen-bond donors (Lipinski definition) is 1. The summed E-state index contributed by atoms with van der Waals surface area (Å²) in [5.74, 6) is -2.58. The molecule has 1 unspecified atom stereocenters. The highest BCUT2D eigenvalue weighted by Gasteiger charge is 2.39. The fourth-order valence-electron chi connectivity index (χ4n) is 2.31. The predicted molar refractivity (Wildman–Crippen MR) is 80.2 cm³/mol. The van der Waals surface area contributed by atoms with E-state index in [2.05, 4.69) is 5.32 Å². The number of imide groups is 1. The summed E-state index contributed by atoms with van der Waals surface area (Å²) in [6, 6.07) is 5.34. The molecule has 7 heteroatoms. The molecule has 1 aromatic carbocycles. The molecule has 1 heterocycles. The normalized spacial score (nSPS) is 14.4. The van der Waals surface area contributed by atoms with Crippen LogP contribution in [0.5, 0.6) is 0 Å².